The van der Waals surface area contributed by atoms with Gasteiger partial charge in [0.2, 0.25) is 5.91 Å². The molecule has 3 aliphatic rings. The van der Waals surface area contributed by atoms with Gasteiger partial charge in [-0.3, -0.25) is 4.79 Å². The number of amides is 1. The van der Waals surface area contributed by atoms with Crippen LogP contribution < -0.4 is 5.73 Å². The van der Waals surface area contributed by atoms with E-state index in [2.05, 4.69) is 11.2 Å². The van der Waals surface area contributed by atoms with Gasteiger partial charge in [-0.2, -0.15) is 5.10 Å². The van der Waals surface area contributed by atoms with Gasteiger partial charge in [0.15, 0.2) is 0 Å². The Morgan fingerprint density at radius 3 is 2.79 bits per heavy atom. The molecular formula is C26H23F2N3O2. The lowest BCUT2D eigenvalue weighted by molar-refractivity contribution is -0.117. The summed E-state index contributed by atoms with van der Waals surface area (Å²) in [6.45, 7) is 0. The van der Waals surface area contributed by atoms with Gasteiger partial charge in [0.25, 0.3) is 0 Å². The average molecular weight is 447 g/mol. The molecule has 1 aromatic heterocycles. The van der Waals surface area contributed by atoms with Crippen LogP contribution in [0.3, 0.4) is 0 Å². The summed E-state index contributed by atoms with van der Waals surface area (Å²) in [5.74, 6) is -1.21. The number of carbonyl (C=O) groups excluding carboxylic acids is 1. The Bertz CT molecular complexity index is 1310. The maximum absolute atomic E-state index is 14.3. The second-order valence-electron chi connectivity index (χ2n) is 9.23. The maximum atomic E-state index is 14.3. The topological polar surface area (TPSA) is 73.4 Å². The SMILES string of the molecule is NC(=O)Cc1c(F)cccc1CCC12CCC3=Cc4c(cnn4-c4ccc(F)cc4)CC31O2. The summed E-state index contributed by atoms with van der Waals surface area (Å²) in [7, 11) is 0. The molecule has 7 heteroatoms. The Hall–Kier alpha value is -3.32. The molecule has 2 unspecified atom stereocenters. The summed E-state index contributed by atoms with van der Waals surface area (Å²) in [5, 5.41) is 4.55. The van der Waals surface area contributed by atoms with E-state index in [0.717, 1.165) is 48.2 Å². The molecule has 5 nitrogen and oxygen atoms in total. The summed E-state index contributed by atoms with van der Waals surface area (Å²) >= 11 is 0. The van der Waals surface area contributed by atoms with Crippen molar-refractivity contribution >= 4 is 12.0 Å². The van der Waals surface area contributed by atoms with Crippen LogP contribution in [0.1, 0.15) is 41.6 Å². The van der Waals surface area contributed by atoms with Crippen molar-refractivity contribution in [3.63, 3.8) is 0 Å². The fourth-order valence-electron chi connectivity index (χ4n) is 5.78. The number of fused-ring (bicyclic) bond motifs is 1. The predicted octanol–water partition coefficient (Wildman–Crippen LogP) is 4.05. The van der Waals surface area contributed by atoms with Crippen molar-refractivity contribution in [2.75, 3.05) is 0 Å². The normalized spacial score (nSPS) is 24.6. The molecule has 1 spiro atoms. The van der Waals surface area contributed by atoms with Crippen molar-refractivity contribution in [1.29, 1.82) is 0 Å². The summed E-state index contributed by atoms with van der Waals surface area (Å²) in [6.07, 6.45) is 7.90. The number of hydrogen-bond acceptors (Lipinski definition) is 3. The number of carbonyl (C=O) groups is 1. The van der Waals surface area contributed by atoms with E-state index >= 15 is 0 Å². The monoisotopic (exact) mass is 447 g/mol. The van der Waals surface area contributed by atoms with E-state index in [4.69, 9.17) is 10.5 Å². The third-order valence-electron chi connectivity index (χ3n) is 7.45. The van der Waals surface area contributed by atoms with Gasteiger partial charge in [0.05, 0.1) is 24.0 Å². The number of rotatable bonds is 6. The summed E-state index contributed by atoms with van der Waals surface area (Å²) in [6, 6.07) is 11.2. The highest BCUT2D eigenvalue weighted by Crippen LogP contribution is 2.67. The zero-order chi connectivity index (χ0) is 22.8. The van der Waals surface area contributed by atoms with Gasteiger partial charge in [-0.25, -0.2) is 13.5 Å². The molecule has 2 aliphatic carbocycles. The van der Waals surface area contributed by atoms with E-state index in [0.29, 0.717) is 12.0 Å². The highest BCUT2D eigenvalue weighted by molar-refractivity contribution is 5.77. The second-order valence-corrected chi connectivity index (χ2v) is 9.23. The largest absolute Gasteiger partial charge is 0.369 e. The van der Waals surface area contributed by atoms with Crippen LogP contribution in [0.5, 0.6) is 0 Å². The van der Waals surface area contributed by atoms with Crippen molar-refractivity contribution < 1.29 is 18.3 Å². The van der Waals surface area contributed by atoms with Gasteiger partial charge >= 0.3 is 0 Å². The fourth-order valence-corrected chi connectivity index (χ4v) is 5.78. The molecule has 1 saturated heterocycles. The Kier molecular flexibility index (Phi) is 4.36. The second kappa shape index (κ2) is 7.09. The van der Waals surface area contributed by atoms with Crippen LogP contribution >= 0.6 is 0 Å². The predicted molar refractivity (Wildman–Crippen MR) is 119 cm³/mol. The molecule has 6 rings (SSSR count). The third-order valence-corrected chi connectivity index (χ3v) is 7.45. The summed E-state index contributed by atoms with van der Waals surface area (Å²) in [5.41, 5.74) is 10.1. The van der Waals surface area contributed by atoms with Crippen LogP contribution in [0.15, 0.2) is 54.2 Å². The molecule has 2 N–H and O–H groups in total. The van der Waals surface area contributed by atoms with E-state index in [1.165, 1.54) is 23.8 Å². The van der Waals surface area contributed by atoms with E-state index in [-0.39, 0.29) is 23.4 Å². The molecular weight excluding hydrogens is 424 g/mol. The fraction of sp³-hybridized carbons (Fsp3) is 0.308. The number of hydrogen-bond donors (Lipinski definition) is 1. The molecule has 2 atom stereocenters. The van der Waals surface area contributed by atoms with Crippen molar-refractivity contribution in [3.8, 4) is 5.69 Å². The van der Waals surface area contributed by atoms with Gasteiger partial charge in [0, 0.05) is 17.5 Å². The third kappa shape index (κ3) is 3.06. The summed E-state index contributed by atoms with van der Waals surface area (Å²) in [4.78, 5) is 11.4. The first-order valence-corrected chi connectivity index (χ1v) is 11.2. The van der Waals surface area contributed by atoms with Crippen LogP contribution in [-0.2, 0) is 28.8 Å². The first kappa shape index (κ1) is 20.3. The van der Waals surface area contributed by atoms with Crippen LogP contribution in [0.25, 0.3) is 11.8 Å². The molecule has 0 radical (unpaired) electrons. The minimum Gasteiger partial charge on any atom is -0.369 e. The number of halogens is 2. The van der Waals surface area contributed by atoms with Crippen molar-refractivity contribution in [2.24, 2.45) is 5.73 Å². The Morgan fingerprint density at radius 1 is 1.18 bits per heavy atom. The Balaban J connectivity index is 1.26. The van der Waals surface area contributed by atoms with E-state index in [1.807, 2.05) is 16.9 Å². The van der Waals surface area contributed by atoms with E-state index < -0.39 is 11.7 Å². The number of nitrogens with zero attached hydrogens (tertiary/aromatic N) is 2. The van der Waals surface area contributed by atoms with E-state index in [1.54, 1.807) is 18.2 Å². The quantitative estimate of drug-likeness (QED) is 0.580. The van der Waals surface area contributed by atoms with Crippen LogP contribution in [0, 0.1) is 11.6 Å². The number of ether oxygens (including phenoxy) is 1. The Morgan fingerprint density at radius 2 is 2.00 bits per heavy atom. The zero-order valence-corrected chi connectivity index (χ0v) is 18.0. The van der Waals surface area contributed by atoms with Gasteiger partial charge < -0.3 is 10.5 Å². The molecule has 168 valence electrons. The summed E-state index contributed by atoms with van der Waals surface area (Å²) < 4.78 is 36.0. The zero-order valence-electron chi connectivity index (χ0n) is 18.0. The molecule has 2 fully saturated rings. The molecule has 3 aromatic rings. The van der Waals surface area contributed by atoms with Crippen LogP contribution in [-0.4, -0.2) is 26.9 Å². The maximum Gasteiger partial charge on any atom is 0.221 e. The molecule has 1 amide bonds. The first-order chi connectivity index (χ1) is 15.9. The smallest absolute Gasteiger partial charge is 0.221 e. The van der Waals surface area contributed by atoms with Gasteiger partial charge in [-0.05, 0) is 73.2 Å². The highest BCUT2D eigenvalue weighted by atomic mass is 19.1. The molecule has 2 aromatic carbocycles. The number of benzene rings is 2. The standard InChI is InChI=1S/C26H23F2N3O2/c27-19-4-6-20(7-5-19)31-23-12-18-9-11-25(26(18,33-25)14-17(23)15-30-31)10-8-16-2-1-3-22(28)21(16)13-24(29)32/h1-7,12,15H,8-11,13-14H2,(H2,29,32). The molecule has 2 heterocycles. The molecule has 1 aliphatic heterocycles. The lowest BCUT2D eigenvalue weighted by atomic mass is 9.80. The van der Waals surface area contributed by atoms with Crippen molar-refractivity contribution in [3.05, 3.63) is 88.3 Å². The number of aromatic nitrogens is 2. The number of epoxide rings is 1. The van der Waals surface area contributed by atoms with Gasteiger partial charge in [-0.1, -0.05) is 12.1 Å². The highest BCUT2D eigenvalue weighted by Gasteiger charge is 2.74. The van der Waals surface area contributed by atoms with Gasteiger partial charge in [-0.15, -0.1) is 0 Å². The molecule has 0 bridgehead atoms. The number of primary amides is 1. The minimum atomic E-state index is -0.539. The Labute approximate surface area is 189 Å². The minimum absolute atomic E-state index is 0.0991. The lowest BCUT2D eigenvalue weighted by Gasteiger charge is -2.20. The number of nitrogens with two attached hydrogens (primary N) is 1. The first-order valence-electron chi connectivity index (χ1n) is 11.2. The number of aryl methyl sites for hydroxylation is 1. The van der Waals surface area contributed by atoms with Crippen LogP contribution in [0.2, 0.25) is 0 Å². The van der Waals surface area contributed by atoms with Crippen LogP contribution in [0.4, 0.5) is 8.78 Å². The lowest BCUT2D eigenvalue weighted by Crippen LogP contribution is -2.27. The van der Waals surface area contributed by atoms with Crippen molar-refractivity contribution in [2.45, 2.75) is 49.7 Å². The molecule has 33 heavy (non-hydrogen) atoms. The average Bonchev–Trinajstić information content (AvgIpc) is 3.07. The van der Waals surface area contributed by atoms with Crippen molar-refractivity contribution in [1.82, 2.24) is 9.78 Å². The van der Waals surface area contributed by atoms with E-state index in [9.17, 15) is 13.6 Å². The van der Waals surface area contributed by atoms with Gasteiger partial charge in [0.1, 0.15) is 22.8 Å². The molecule has 1 saturated carbocycles.